The average Bonchev–Trinajstić information content (AvgIpc) is 2.30. The van der Waals surface area contributed by atoms with E-state index >= 15 is 0 Å². The summed E-state index contributed by atoms with van der Waals surface area (Å²) in [5, 5.41) is 0. The van der Waals surface area contributed by atoms with E-state index in [2.05, 4.69) is 0 Å². The first-order valence-electron chi connectivity index (χ1n) is 6.35. The Labute approximate surface area is 113 Å². The molecule has 0 aromatic heterocycles. The molecule has 0 aliphatic heterocycles. The molecule has 100 valence electrons. The molecule has 0 saturated carbocycles. The Morgan fingerprint density at radius 1 is 0.895 bits per heavy atom. The van der Waals surface area contributed by atoms with E-state index in [9.17, 15) is 8.78 Å². The zero-order valence-electron chi connectivity index (χ0n) is 11.7. The van der Waals surface area contributed by atoms with Crippen LogP contribution < -0.4 is 0 Å². The maximum atomic E-state index is 14.2. The maximum absolute atomic E-state index is 14.2. The fourth-order valence-corrected chi connectivity index (χ4v) is 2.20. The summed E-state index contributed by atoms with van der Waals surface area (Å²) in [6, 6.07) is 9.70. The Morgan fingerprint density at radius 3 is 2.16 bits per heavy atom. The van der Waals surface area contributed by atoms with Crippen molar-refractivity contribution in [1.82, 2.24) is 0 Å². The first-order valence-corrected chi connectivity index (χ1v) is 6.35. The minimum absolute atomic E-state index is 0.237. The van der Waals surface area contributed by atoms with Crippen LogP contribution in [0, 0.1) is 18.6 Å². The maximum Gasteiger partial charge on any atom is 0.127 e. The van der Waals surface area contributed by atoms with E-state index < -0.39 is 0 Å². The third-order valence-corrected chi connectivity index (χ3v) is 3.29. The second-order valence-corrected chi connectivity index (χ2v) is 5.90. The molecular weight excluding hydrogens is 242 g/mol. The van der Waals surface area contributed by atoms with Gasteiger partial charge in [-0.1, -0.05) is 39.0 Å². The Morgan fingerprint density at radius 2 is 1.58 bits per heavy atom. The van der Waals surface area contributed by atoms with Crippen molar-refractivity contribution in [3.05, 3.63) is 59.2 Å². The molecule has 2 aromatic rings. The van der Waals surface area contributed by atoms with Gasteiger partial charge in [0.2, 0.25) is 0 Å². The summed E-state index contributed by atoms with van der Waals surface area (Å²) >= 11 is 0. The molecule has 0 aliphatic carbocycles. The summed E-state index contributed by atoms with van der Waals surface area (Å²) in [7, 11) is 0. The lowest BCUT2D eigenvalue weighted by molar-refractivity contribution is 0.523. The lowest BCUT2D eigenvalue weighted by atomic mass is 9.85. The molecule has 0 nitrogen and oxygen atoms in total. The highest BCUT2D eigenvalue weighted by Gasteiger charge is 2.18. The zero-order valence-corrected chi connectivity index (χ0v) is 11.7. The molecule has 0 saturated heterocycles. The molecule has 19 heavy (non-hydrogen) atoms. The molecule has 0 heterocycles. The lowest BCUT2D eigenvalue weighted by Gasteiger charge is -2.20. The zero-order chi connectivity index (χ0) is 14.2. The van der Waals surface area contributed by atoms with Gasteiger partial charge in [0.05, 0.1) is 0 Å². The summed E-state index contributed by atoms with van der Waals surface area (Å²) in [5.41, 5.74) is 2.82. The number of hydrogen-bond donors (Lipinski definition) is 0. The highest BCUT2D eigenvalue weighted by molar-refractivity contribution is 5.67. The smallest absolute Gasteiger partial charge is 0.127 e. The van der Waals surface area contributed by atoms with Crippen LogP contribution in [0.3, 0.4) is 0 Å². The first-order chi connectivity index (χ1) is 8.79. The van der Waals surface area contributed by atoms with Crippen LogP contribution in [0.15, 0.2) is 36.4 Å². The standard InChI is InChI=1S/C17H18F2/c1-11-5-7-13(18)10-14(11)12-6-8-15(16(19)9-12)17(2,3)4/h5-10H,1-4H3. The molecule has 0 spiro atoms. The molecule has 0 N–H and O–H groups in total. The predicted octanol–water partition coefficient (Wildman–Crippen LogP) is 5.24. The van der Waals surface area contributed by atoms with Gasteiger partial charge in [-0.3, -0.25) is 0 Å². The third kappa shape index (κ3) is 2.83. The lowest BCUT2D eigenvalue weighted by Crippen LogP contribution is -2.13. The monoisotopic (exact) mass is 260 g/mol. The van der Waals surface area contributed by atoms with Crippen LogP contribution in [0.5, 0.6) is 0 Å². The minimum atomic E-state index is -0.305. The van der Waals surface area contributed by atoms with E-state index in [0.717, 1.165) is 11.1 Å². The van der Waals surface area contributed by atoms with Crippen LogP contribution in [0.2, 0.25) is 0 Å². The van der Waals surface area contributed by atoms with Crippen molar-refractivity contribution >= 4 is 0 Å². The summed E-state index contributed by atoms with van der Waals surface area (Å²) in [6.45, 7) is 7.81. The van der Waals surface area contributed by atoms with Crippen molar-refractivity contribution in [1.29, 1.82) is 0 Å². The molecule has 0 bridgehead atoms. The van der Waals surface area contributed by atoms with Crippen LogP contribution in [0.4, 0.5) is 8.78 Å². The first kappa shape index (κ1) is 13.7. The SMILES string of the molecule is Cc1ccc(F)cc1-c1ccc(C(C)(C)C)c(F)c1. The van der Waals surface area contributed by atoms with Gasteiger partial charge in [0.15, 0.2) is 0 Å². The van der Waals surface area contributed by atoms with E-state index in [1.165, 1.54) is 18.2 Å². The number of hydrogen-bond acceptors (Lipinski definition) is 0. The van der Waals surface area contributed by atoms with Crippen molar-refractivity contribution in [2.24, 2.45) is 0 Å². The van der Waals surface area contributed by atoms with Crippen molar-refractivity contribution in [2.75, 3.05) is 0 Å². The molecule has 0 fully saturated rings. The van der Waals surface area contributed by atoms with Crippen LogP contribution in [0.1, 0.15) is 31.9 Å². The van der Waals surface area contributed by atoms with Gasteiger partial charge in [-0.05, 0) is 52.8 Å². The second kappa shape index (κ2) is 4.76. The molecule has 0 amide bonds. The van der Waals surface area contributed by atoms with Crippen molar-refractivity contribution < 1.29 is 8.78 Å². The van der Waals surface area contributed by atoms with E-state index in [1.54, 1.807) is 12.1 Å². The summed E-state index contributed by atoms with van der Waals surface area (Å²) in [6.07, 6.45) is 0. The minimum Gasteiger partial charge on any atom is -0.207 e. The van der Waals surface area contributed by atoms with Gasteiger partial charge in [0.25, 0.3) is 0 Å². The number of rotatable bonds is 1. The highest BCUT2D eigenvalue weighted by atomic mass is 19.1. The van der Waals surface area contributed by atoms with Gasteiger partial charge >= 0.3 is 0 Å². The summed E-state index contributed by atoms with van der Waals surface area (Å²) in [5.74, 6) is -0.547. The molecule has 2 aromatic carbocycles. The van der Waals surface area contributed by atoms with Gasteiger partial charge in [0.1, 0.15) is 11.6 Å². The van der Waals surface area contributed by atoms with Crippen molar-refractivity contribution in [3.8, 4) is 11.1 Å². The molecule has 0 radical (unpaired) electrons. The molecule has 0 aliphatic rings. The number of halogens is 2. The van der Waals surface area contributed by atoms with E-state index in [0.29, 0.717) is 11.1 Å². The van der Waals surface area contributed by atoms with Crippen LogP contribution >= 0.6 is 0 Å². The second-order valence-electron chi connectivity index (χ2n) is 5.90. The third-order valence-electron chi connectivity index (χ3n) is 3.29. The van der Waals surface area contributed by atoms with Crippen LogP contribution in [-0.2, 0) is 5.41 Å². The Balaban J connectivity index is 2.54. The molecule has 0 atom stereocenters. The normalized spacial score (nSPS) is 11.7. The fourth-order valence-electron chi connectivity index (χ4n) is 2.20. The Hall–Kier alpha value is -1.70. The molecule has 0 unspecified atom stereocenters. The van der Waals surface area contributed by atoms with E-state index in [4.69, 9.17) is 0 Å². The van der Waals surface area contributed by atoms with Gasteiger partial charge in [-0.25, -0.2) is 8.78 Å². The molecule has 2 rings (SSSR count). The van der Waals surface area contributed by atoms with Gasteiger partial charge in [0, 0.05) is 0 Å². The predicted molar refractivity (Wildman–Crippen MR) is 75.2 cm³/mol. The fraction of sp³-hybridized carbons (Fsp3) is 0.294. The van der Waals surface area contributed by atoms with E-state index in [-0.39, 0.29) is 17.0 Å². The van der Waals surface area contributed by atoms with Crippen molar-refractivity contribution in [3.63, 3.8) is 0 Å². The van der Waals surface area contributed by atoms with Gasteiger partial charge in [-0.2, -0.15) is 0 Å². The Kier molecular flexibility index (Phi) is 3.44. The average molecular weight is 260 g/mol. The Bertz CT molecular complexity index is 607. The van der Waals surface area contributed by atoms with Crippen LogP contribution in [-0.4, -0.2) is 0 Å². The highest BCUT2D eigenvalue weighted by Crippen LogP contribution is 2.30. The van der Waals surface area contributed by atoms with Crippen LogP contribution in [0.25, 0.3) is 11.1 Å². The number of benzene rings is 2. The van der Waals surface area contributed by atoms with Gasteiger partial charge in [-0.15, -0.1) is 0 Å². The topological polar surface area (TPSA) is 0 Å². The van der Waals surface area contributed by atoms with Gasteiger partial charge < -0.3 is 0 Å². The van der Waals surface area contributed by atoms with E-state index in [1.807, 2.05) is 33.8 Å². The molecular formula is C17H18F2. The summed E-state index contributed by atoms with van der Waals surface area (Å²) < 4.78 is 27.5. The van der Waals surface area contributed by atoms with Crippen molar-refractivity contribution in [2.45, 2.75) is 33.1 Å². The summed E-state index contributed by atoms with van der Waals surface area (Å²) in [4.78, 5) is 0. The quantitative estimate of drug-likeness (QED) is 0.658. The molecule has 2 heteroatoms. The largest absolute Gasteiger partial charge is 0.207 e. The number of aryl methyl sites for hydroxylation is 1.